The predicted molar refractivity (Wildman–Crippen MR) is 75.5 cm³/mol. The van der Waals surface area contributed by atoms with E-state index in [1.807, 2.05) is 0 Å². The van der Waals surface area contributed by atoms with Crippen LogP contribution in [0.3, 0.4) is 0 Å². The molecule has 0 bridgehead atoms. The maximum absolute atomic E-state index is 12.4. The molecule has 0 N–H and O–H groups in total. The summed E-state index contributed by atoms with van der Waals surface area (Å²) in [4.78, 5) is 35.4. The zero-order valence-corrected chi connectivity index (χ0v) is 12.1. The van der Waals surface area contributed by atoms with Gasteiger partial charge >= 0.3 is 11.9 Å². The number of hydrogen-bond acceptors (Lipinski definition) is 6. The molecule has 0 saturated carbocycles. The van der Waals surface area contributed by atoms with Gasteiger partial charge in [0.25, 0.3) is 11.2 Å². The normalized spacial score (nSPS) is 10.5. The van der Waals surface area contributed by atoms with Crippen molar-refractivity contribution < 1.29 is 23.5 Å². The fraction of sp³-hybridized carbons (Fsp3) is 0.286. The highest BCUT2D eigenvalue weighted by molar-refractivity contribution is 5.78. The van der Waals surface area contributed by atoms with Crippen molar-refractivity contribution in [3.63, 3.8) is 0 Å². The molecule has 1 aromatic heterocycles. The molecule has 116 valence electrons. The fourth-order valence-corrected chi connectivity index (χ4v) is 2.10. The van der Waals surface area contributed by atoms with Gasteiger partial charge in [-0.3, -0.25) is 9.59 Å². The van der Waals surface area contributed by atoms with Gasteiger partial charge in [0.2, 0.25) is 0 Å². The molecule has 0 amide bonds. The van der Waals surface area contributed by atoms with Crippen LogP contribution in [-0.2, 0) is 31.9 Å². The van der Waals surface area contributed by atoms with Gasteiger partial charge in [-0.2, -0.15) is 0 Å². The number of para-hydroxylation sites is 2. The van der Waals surface area contributed by atoms with Crippen molar-refractivity contribution in [2.45, 2.75) is 12.8 Å². The molecule has 0 saturated heterocycles. The number of nitrogens with zero attached hydrogens (tertiary/aromatic N) is 2. The van der Waals surface area contributed by atoms with Gasteiger partial charge in [0.1, 0.15) is 11.9 Å². The van der Waals surface area contributed by atoms with E-state index in [1.165, 1.54) is 26.4 Å². The van der Waals surface area contributed by atoms with Gasteiger partial charge in [-0.1, -0.05) is 12.1 Å². The summed E-state index contributed by atoms with van der Waals surface area (Å²) in [6, 6.07) is 6.11. The topological polar surface area (TPSA) is 104 Å². The Bertz CT molecular complexity index is 796. The van der Waals surface area contributed by atoms with Crippen LogP contribution in [0.1, 0.15) is 11.4 Å². The van der Waals surface area contributed by atoms with Crippen LogP contribution in [0.5, 0.6) is 0 Å². The minimum Gasteiger partial charge on any atom is -0.805 e. The smallest absolute Gasteiger partial charge is 0.316 e. The first-order valence-electron chi connectivity index (χ1n) is 6.38. The summed E-state index contributed by atoms with van der Waals surface area (Å²) in [7, 11) is 2.34. The zero-order chi connectivity index (χ0) is 16.3. The molecule has 0 aliphatic rings. The second-order valence-corrected chi connectivity index (χ2v) is 4.48. The van der Waals surface area contributed by atoms with Crippen molar-refractivity contribution in [1.82, 2.24) is 4.73 Å². The number of aromatic nitrogens is 2. The summed E-state index contributed by atoms with van der Waals surface area (Å²) >= 11 is 0. The summed E-state index contributed by atoms with van der Waals surface area (Å²) in [6.45, 7) is 0. The number of benzene rings is 1. The van der Waals surface area contributed by atoms with Crippen molar-refractivity contribution in [2.24, 2.45) is 0 Å². The molecular weight excluding hydrogens is 292 g/mol. The second kappa shape index (κ2) is 6.25. The maximum atomic E-state index is 12.4. The van der Waals surface area contributed by atoms with Crippen LogP contribution in [0.2, 0.25) is 0 Å². The fourth-order valence-electron chi connectivity index (χ4n) is 2.10. The van der Waals surface area contributed by atoms with Crippen molar-refractivity contribution in [3.05, 3.63) is 45.8 Å². The number of carbonyl (C=O) groups is 2. The standard InChI is InChI=1S/C14H14N2O6/c1-21-13(17)7-11-12(8-14(18)22-2)16(20)10-6-4-3-5-9(10)15(11)19/h3-6H,7-8H2,1-2H3. The summed E-state index contributed by atoms with van der Waals surface area (Å²) < 4.78 is 10.00. The lowest BCUT2D eigenvalue weighted by Gasteiger charge is -2.18. The van der Waals surface area contributed by atoms with Gasteiger partial charge in [0.15, 0.2) is 0 Å². The van der Waals surface area contributed by atoms with E-state index in [9.17, 15) is 19.7 Å². The van der Waals surface area contributed by atoms with Gasteiger partial charge < -0.3 is 19.4 Å². The molecule has 2 rings (SSSR count). The third-order valence-electron chi connectivity index (χ3n) is 3.22. The Labute approximate surface area is 125 Å². The first-order chi connectivity index (χ1) is 10.5. The van der Waals surface area contributed by atoms with E-state index in [-0.39, 0.29) is 22.4 Å². The molecule has 0 aliphatic carbocycles. The Hall–Kier alpha value is -2.90. The lowest BCUT2D eigenvalue weighted by Crippen LogP contribution is -2.31. The minimum atomic E-state index is -0.689. The molecule has 1 heterocycles. The summed E-state index contributed by atoms with van der Waals surface area (Å²) in [6.07, 6.45) is -0.835. The van der Waals surface area contributed by atoms with Crippen LogP contribution in [-0.4, -0.2) is 30.9 Å². The molecule has 22 heavy (non-hydrogen) atoms. The molecule has 2 aromatic rings. The van der Waals surface area contributed by atoms with E-state index in [1.54, 1.807) is 12.1 Å². The van der Waals surface area contributed by atoms with Crippen LogP contribution < -0.4 is 4.43 Å². The van der Waals surface area contributed by atoms with E-state index < -0.39 is 24.8 Å². The molecule has 1 aromatic carbocycles. The second-order valence-electron chi connectivity index (χ2n) is 4.48. The highest BCUT2D eigenvalue weighted by Gasteiger charge is 2.26. The zero-order valence-electron chi connectivity index (χ0n) is 12.1. The van der Waals surface area contributed by atoms with Crippen LogP contribution in [0.15, 0.2) is 24.3 Å². The molecule has 0 fully saturated rings. The third kappa shape index (κ3) is 2.76. The first-order valence-corrected chi connectivity index (χ1v) is 6.38. The SMILES string of the molecule is COC(=O)Cc1c(CC(=O)OC)[n+](=O)c2ccccc2n1[O-]. The Balaban J connectivity index is 2.74. The van der Waals surface area contributed by atoms with Crippen LogP contribution in [0, 0.1) is 10.1 Å². The van der Waals surface area contributed by atoms with Gasteiger partial charge in [0, 0.05) is 11.0 Å². The average Bonchev–Trinajstić information content (AvgIpc) is 2.55. The maximum Gasteiger partial charge on any atom is 0.316 e. The number of fused-ring (bicyclic) bond motifs is 1. The van der Waals surface area contributed by atoms with Crippen LogP contribution >= 0.6 is 0 Å². The van der Waals surface area contributed by atoms with Crippen molar-refractivity contribution in [2.75, 3.05) is 14.2 Å². The monoisotopic (exact) mass is 306 g/mol. The highest BCUT2D eigenvalue weighted by atomic mass is 16.5. The lowest BCUT2D eigenvalue weighted by atomic mass is 10.1. The largest absolute Gasteiger partial charge is 0.805 e. The Kier molecular flexibility index (Phi) is 4.40. The van der Waals surface area contributed by atoms with E-state index in [2.05, 4.69) is 9.47 Å². The molecule has 0 unspecified atom stereocenters. The molecule has 0 spiro atoms. The lowest BCUT2D eigenvalue weighted by molar-refractivity contribution is -0.475. The number of rotatable bonds is 4. The molecule has 8 nitrogen and oxygen atoms in total. The number of hydrogen-bond donors (Lipinski definition) is 0. The van der Waals surface area contributed by atoms with Crippen LogP contribution in [0.4, 0.5) is 0 Å². The number of carbonyl (C=O) groups excluding carboxylic acids is 2. The Morgan fingerprint density at radius 1 is 1.14 bits per heavy atom. The van der Waals surface area contributed by atoms with E-state index in [4.69, 9.17) is 0 Å². The summed E-state index contributed by atoms with van der Waals surface area (Å²) in [5.74, 6) is -1.38. The third-order valence-corrected chi connectivity index (χ3v) is 3.22. The Morgan fingerprint density at radius 3 is 2.36 bits per heavy atom. The van der Waals surface area contributed by atoms with Gasteiger partial charge in [-0.15, -0.1) is 0 Å². The van der Waals surface area contributed by atoms with Gasteiger partial charge in [-0.25, -0.2) is 0 Å². The molecular formula is C14H14N2O6. The first kappa shape index (κ1) is 15.5. The summed E-state index contributed by atoms with van der Waals surface area (Å²) in [5, 5.41) is 12.4. The number of methoxy groups -OCH3 is 2. The van der Waals surface area contributed by atoms with Gasteiger partial charge in [0.05, 0.1) is 30.8 Å². The van der Waals surface area contributed by atoms with Crippen molar-refractivity contribution >= 4 is 23.0 Å². The molecule has 0 aliphatic heterocycles. The average molecular weight is 306 g/mol. The molecule has 0 atom stereocenters. The Morgan fingerprint density at radius 2 is 1.73 bits per heavy atom. The quantitative estimate of drug-likeness (QED) is 0.595. The van der Waals surface area contributed by atoms with E-state index in [0.29, 0.717) is 9.16 Å². The van der Waals surface area contributed by atoms with Crippen molar-refractivity contribution in [3.8, 4) is 0 Å². The summed E-state index contributed by atoms with van der Waals surface area (Å²) in [5.41, 5.74) is -0.0630. The predicted octanol–water partition coefficient (Wildman–Crippen LogP) is 0.333. The van der Waals surface area contributed by atoms with E-state index >= 15 is 0 Å². The minimum absolute atomic E-state index is 0.102. The number of esters is 2. The molecule has 8 heteroatoms. The molecule has 0 radical (unpaired) electrons. The highest BCUT2D eigenvalue weighted by Crippen LogP contribution is 2.16. The van der Waals surface area contributed by atoms with Crippen LogP contribution in [0.25, 0.3) is 11.0 Å². The van der Waals surface area contributed by atoms with E-state index in [0.717, 1.165) is 0 Å². The van der Waals surface area contributed by atoms with Gasteiger partial charge in [-0.05, 0) is 6.07 Å². The van der Waals surface area contributed by atoms with Crippen molar-refractivity contribution in [1.29, 1.82) is 0 Å². The number of ether oxygens (including phenoxy) is 2.